The molecule has 12 heavy (non-hydrogen) atoms. The molecule has 68 valence electrons. The molecule has 0 heterocycles. The van der Waals surface area contributed by atoms with Crippen molar-refractivity contribution in [2.45, 2.75) is 27.7 Å². The van der Waals surface area contributed by atoms with Crippen LogP contribution in [0.3, 0.4) is 0 Å². The van der Waals surface area contributed by atoms with Crippen LogP contribution < -0.4 is 0 Å². The van der Waals surface area contributed by atoms with Crippen molar-refractivity contribution in [2.75, 3.05) is 0 Å². The average Bonchev–Trinajstić information content (AvgIpc) is 1.85. The van der Waals surface area contributed by atoms with Crippen LogP contribution in [0.15, 0.2) is 12.2 Å². The zero-order valence-electron chi connectivity index (χ0n) is 8.27. The van der Waals surface area contributed by atoms with Gasteiger partial charge in [-0.1, -0.05) is 20.4 Å². The minimum atomic E-state index is -0.275. The highest BCUT2D eigenvalue weighted by molar-refractivity contribution is 6.10. The van der Waals surface area contributed by atoms with Crippen LogP contribution in [0.1, 0.15) is 27.7 Å². The first kappa shape index (κ1) is 11.1. The van der Waals surface area contributed by atoms with E-state index in [0.29, 0.717) is 11.3 Å². The molecule has 0 aromatic heterocycles. The van der Waals surface area contributed by atoms with Crippen LogP contribution in [0.4, 0.5) is 0 Å². The molecule has 0 fully saturated rings. The number of ketones is 1. The molecule has 0 aromatic carbocycles. The smallest absolute Gasteiger partial charge is 0.166 e. The maximum Gasteiger partial charge on any atom is 0.166 e. The first-order chi connectivity index (χ1) is 5.37. The van der Waals surface area contributed by atoms with Gasteiger partial charge in [0.2, 0.25) is 0 Å². The molecule has 2 heteroatoms. The number of hydrogen-bond acceptors (Lipinski definition) is 2. The zero-order valence-corrected chi connectivity index (χ0v) is 8.27. The molecule has 0 spiro atoms. The highest BCUT2D eigenvalue weighted by atomic mass is 16.1. The molecule has 0 aliphatic rings. The second kappa shape index (κ2) is 4.19. The second-order valence-corrected chi connectivity index (χ2v) is 3.55. The molecule has 2 nitrogen and oxygen atoms in total. The molecule has 0 rings (SSSR count). The van der Waals surface area contributed by atoms with E-state index in [4.69, 9.17) is 5.41 Å². The quantitative estimate of drug-likeness (QED) is 0.507. The third kappa shape index (κ3) is 2.61. The molecule has 0 bridgehead atoms. The lowest BCUT2D eigenvalue weighted by Gasteiger charge is -2.18. The van der Waals surface area contributed by atoms with Gasteiger partial charge in [-0.2, -0.15) is 0 Å². The maximum atomic E-state index is 11.5. The number of hydrogen-bond donors (Lipinski definition) is 1. The lowest BCUT2D eigenvalue weighted by molar-refractivity contribution is -0.118. The summed E-state index contributed by atoms with van der Waals surface area (Å²) in [5.41, 5.74) is 0.971. The monoisotopic (exact) mass is 167 g/mol. The Bertz CT molecular complexity index is 216. The van der Waals surface area contributed by atoms with Gasteiger partial charge in [-0.15, -0.1) is 0 Å². The summed E-state index contributed by atoms with van der Waals surface area (Å²) in [6, 6.07) is 0. The fourth-order valence-electron chi connectivity index (χ4n) is 1.26. The summed E-state index contributed by atoms with van der Waals surface area (Å²) in [6.45, 7) is 10.9. The van der Waals surface area contributed by atoms with E-state index < -0.39 is 0 Å². The highest BCUT2D eigenvalue weighted by Crippen LogP contribution is 2.16. The van der Waals surface area contributed by atoms with Crippen molar-refractivity contribution in [3.8, 4) is 0 Å². The summed E-state index contributed by atoms with van der Waals surface area (Å²) in [5, 5.41) is 7.44. The lowest BCUT2D eigenvalue weighted by atomic mass is 9.85. The van der Waals surface area contributed by atoms with E-state index in [9.17, 15) is 4.79 Å². The molecular formula is C10H17NO. The number of carbonyl (C=O) groups excluding carboxylic acids is 1. The molecule has 1 N–H and O–H groups in total. The average molecular weight is 167 g/mol. The van der Waals surface area contributed by atoms with E-state index in [1.54, 1.807) is 13.8 Å². The number of carbonyl (C=O) groups is 1. The van der Waals surface area contributed by atoms with E-state index >= 15 is 0 Å². The minimum absolute atomic E-state index is 0.00231. The van der Waals surface area contributed by atoms with Crippen LogP contribution >= 0.6 is 0 Å². The van der Waals surface area contributed by atoms with Crippen LogP contribution in [0.2, 0.25) is 0 Å². The van der Waals surface area contributed by atoms with Gasteiger partial charge in [-0.05, 0) is 25.3 Å². The van der Waals surface area contributed by atoms with E-state index in [1.165, 1.54) is 0 Å². The Morgan fingerprint density at radius 3 is 1.83 bits per heavy atom. The summed E-state index contributed by atoms with van der Waals surface area (Å²) in [6.07, 6.45) is 0. The number of rotatable bonds is 4. The predicted molar refractivity (Wildman–Crippen MR) is 51.5 cm³/mol. The Balaban J connectivity index is 4.64. The third-order valence-corrected chi connectivity index (χ3v) is 1.84. The zero-order chi connectivity index (χ0) is 9.89. The van der Waals surface area contributed by atoms with Gasteiger partial charge in [0.15, 0.2) is 5.78 Å². The summed E-state index contributed by atoms with van der Waals surface area (Å²) in [5.74, 6) is -0.0910. The van der Waals surface area contributed by atoms with Crippen molar-refractivity contribution >= 4 is 11.5 Å². The fourth-order valence-corrected chi connectivity index (χ4v) is 1.26. The van der Waals surface area contributed by atoms with Gasteiger partial charge in [-0.25, -0.2) is 0 Å². The molecule has 0 saturated heterocycles. The van der Waals surface area contributed by atoms with Crippen molar-refractivity contribution in [1.82, 2.24) is 0 Å². The van der Waals surface area contributed by atoms with E-state index in [-0.39, 0.29) is 17.6 Å². The first-order valence-corrected chi connectivity index (χ1v) is 4.12. The summed E-state index contributed by atoms with van der Waals surface area (Å²) >= 11 is 0. The number of nitrogens with one attached hydrogen (secondary N) is 1. The van der Waals surface area contributed by atoms with Crippen molar-refractivity contribution in [3.63, 3.8) is 0 Å². The Kier molecular flexibility index (Phi) is 3.87. The Morgan fingerprint density at radius 1 is 1.33 bits per heavy atom. The largest absolute Gasteiger partial charge is 0.309 e. The van der Waals surface area contributed by atoms with Crippen molar-refractivity contribution in [2.24, 2.45) is 11.8 Å². The van der Waals surface area contributed by atoms with E-state index in [2.05, 4.69) is 6.58 Å². The molecule has 0 aromatic rings. The Morgan fingerprint density at radius 2 is 1.75 bits per heavy atom. The van der Waals surface area contributed by atoms with Gasteiger partial charge in [-0.3, -0.25) is 4.79 Å². The van der Waals surface area contributed by atoms with E-state index in [0.717, 1.165) is 0 Å². The van der Waals surface area contributed by atoms with Gasteiger partial charge in [0.1, 0.15) is 0 Å². The topological polar surface area (TPSA) is 40.9 Å². The fraction of sp³-hybridized carbons (Fsp3) is 0.600. The lowest BCUT2D eigenvalue weighted by Crippen LogP contribution is -2.27. The van der Waals surface area contributed by atoms with Gasteiger partial charge >= 0.3 is 0 Å². The molecule has 0 saturated carbocycles. The molecule has 0 aliphatic heterocycles. The van der Waals surface area contributed by atoms with Crippen molar-refractivity contribution in [3.05, 3.63) is 12.2 Å². The second-order valence-electron chi connectivity index (χ2n) is 3.55. The molecule has 1 atom stereocenters. The highest BCUT2D eigenvalue weighted by Gasteiger charge is 2.23. The normalized spacial score (nSPS) is 12.8. The van der Waals surface area contributed by atoms with Crippen LogP contribution in [0.25, 0.3) is 0 Å². The number of Topliss-reactive ketones (excluding diaryl/α,β-unsaturated/α-hetero) is 1. The first-order valence-electron chi connectivity index (χ1n) is 4.12. The van der Waals surface area contributed by atoms with Gasteiger partial charge < -0.3 is 5.41 Å². The molecule has 1 unspecified atom stereocenters. The molecule has 0 radical (unpaired) electrons. The summed E-state index contributed by atoms with van der Waals surface area (Å²) in [4.78, 5) is 11.5. The minimum Gasteiger partial charge on any atom is -0.309 e. The van der Waals surface area contributed by atoms with Crippen LogP contribution in [0, 0.1) is 17.2 Å². The summed E-state index contributed by atoms with van der Waals surface area (Å²) in [7, 11) is 0. The Labute approximate surface area is 74.2 Å². The SMILES string of the molecule is C=C(C)C(=O)C(C(C)=N)C(C)C. The van der Waals surface area contributed by atoms with Crippen LogP contribution in [-0.4, -0.2) is 11.5 Å². The van der Waals surface area contributed by atoms with Crippen molar-refractivity contribution < 1.29 is 4.79 Å². The van der Waals surface area contributed by atoms with Crippen molar-refractivity contribution in [1.29, 1.82) is 5.41 Å². The van der Waals surface area contributed by atoms with Gasteiger partial charge in [0.25, 0.3) is 0 Å². The van der Waals surface area contributed by atoms with Crippen LogP contribution in [-0.2, 0) is 4.79 Å². The molecular weight excluding hydrogens is 150 g/mol. The summed E-state index contributed by atoms with van der Waals surface area (Å²) < 4.78 is 0. The maximum absolute atomic E-state index is 11.5. The van der Waals surface area contributed by atoms with Gasteiger partial charge in [0, 0.05) is 5.71 Å². The van der Waals surface area contributed by atoms with Crippen LogP contribution in [0.5, 0.6) is 0 Å². The van der Waals surface area contributed by atoms with E-state index in [1.807, 2.05) is 13.8 Å². The molecule has 0 amide bonds. The Hall–Kier alpha value is -0.920. The molecule has 0 aliphatic carbocycles. The third-order valence-electron chi connectivity index (χ3n) is 1.84. The number of allylic oxidation sites excluding steroid dienone is 1. The predicted octanol–water partition coefficient (Wildman–Crippen LogP) is 2.44. The standard InChI is InChI=1S/C10H17NO/c1-6(2)9(8(5)11)10(12)7(3)4/h6,9,11H,3H2,1-2,4-5H3. The van der Waals surface area contributed by atoms with Gasteiger partial charge in [0.05, 0.1) is 5.92 Å².